The maximum absolute atomic E-state index is 14.5. The Morgan fingerprint density at radius 2 is 1.74 bits per heavy atom. The van der Waals surface area contributed by atoms with Crippen molar-refractivity contribution in [2.75, 3.05) is 32.8 Å². The molecule has 23 heteroatoms. The van der Waals surface area contributed by atoms with Crippen molar-refractivity contribution in [1.82, 2.24) is 40.6 Å². The highest BCUT2D eigenvalue weighted by Gasteiger charge is 2.51. The van der Waals surface area contributed by atoms with Crippen molar-refractivity contribution in [2.45, 2.75) is 140 Å². The van der Waals surface area contributed by atoms with Crippen molar-refractivity contribution in [3.63, 3.8) is 0 Å². The average Bonchev–Trinajstić information content (AvgIpc) is 4.20. The van der Waals surface area contributed by atoms with Crippen LogP contribution in [0.3, 0.4) is 0 Å². The Morgan fingerprint density at radius 3 is 2.45 bits per heavy atom. The van der Waals surface area contributed by atoms with Gasteiger partial charge in [-0.15, -0.1) is 22.7 Å². The van der Waals surface area contributed by atoms with Gasteiger partial charge in [-0.05, 0) is 105 Å². The van der Waals surface area contributed by atoms with E-state index in [2.05, 4.69) is 25.9 Å². The number of pyridine rings is 1. The number of carbonyl (C=O) groups excluding carboxylic acids is 4. The van der Waals surface area contributed by atoms with Gasteiger partial charge in [-0.3, -0.25) is 34.0 Å². The topological polar surface area (TPSA) is 247 Å². The number of β-amino-alcohol motifs (C(OH)–C–C–N with tert-alkyl or cyclic N) is 1. The molecule has 4 aliphatic rings. The number of benzene rings is 2. The SMILES string of the molecule is Cc1ncsc1-c1ccc(CNC(=O)[C@@H]2C[C@@H](O)CN2C(=O)[C@@H](NCCCCOc2ccncc2C2CN(C(=O)[C@@H]3CC[C@@H]4CCC[C@H](NC(O)c5cc6cc(C(F)(F)P(=O)(O)O)ccc6s5)C(=O)N43)C2)C(C)(C)C)cc1. The summed E-state index contributed by atoms with van der Waals surface area (Å²) in [6, 6.07) is 11.4. The monoisotopic (exact) mass is 1120 g/mol. The zero-order chi connectivity index (χ0) is 55.0. The van der Waals surface area contributed by atoms with Crippen LogP contribution in [0.15, 0.2) is 72.5 Å². The molecule has 4 aliphatic heterocycles. The van der Waals surface area contributed by atoms with Crippen LogP contribution in [0.1, 0.15) is 112 Å². The Bertz CT molecular complexity index is 3000. The minimum absolute atomic E-state index is 0.0367. The lowest BCUT2D eigenvalue weighted by molar-refractivity contribution is -0.149. The number of aryl methyl sites for hydroxylation is 1. The van der Waals surface area contributed by atoms with E-state index in [9.17, 15) is 52.5 Å². The van der Waals surface area contributed by atoms with Crippen molar-refractivity contribution < 1.29 is 57.3 Å². The summed E-state index contributed by atoms with van der Waals surface area (Å²) in [7, 11) is -5.78. The minimum Gasteiger partial charge on any atom is -0.493 e. The maximum Gasteiger partial charge on any atom is 0.399 e. The summed E-state index contributed by atoms with van der Waals surface area (Å²) >= 11 is 2.68. The molecule has 414 valence electrons. The Balaban J connectivity index is 0.735. The van der Waals surface area contributed by atoms with E-state index in [-0.39, 0.29) is 60.5 Å². The van der Waals surface area contributed by atoms with E-state index in [0.717, 1.165) is 50.7 Å². The molecule has 4 saturated heterocycles. The predicted molar refractivity (Wildman–Crippen MR) is 287 cm³/mol. The number of unbranched alkanes of at least 4 members (excludes halogenated alkanes) is 1. The number of nitrogens with one attached hydrogen (secondary N) is 3. The van der Waals surface area contributed by atoms with Crippen molar-refractivity contribution in [1.29, 1.82) is 0 Å². The second kappa shape index (κ2) is 23.2. The third-order valence-corrected chi connectivity index (χ3v) is 18.4. The van der Waals surface area contributed by atoms with Gasteiger partial charge in [-0.25, -0.2) is 4.98 Å². The van der Waals surface area contributed by atoms with Gasteiger partial charge in [0.25, 0.3) is 0 Å². The highest BCUT2D eigenvalue weighted by molar-refractivity contribution is 7.52. The zero-order valence-corrected chi connectivity index (χ0v) is 46.0. The molecule has 4 fully saturated rings. The van der Waals surface area contributed by atoms with Crippen molar-refractivity contribution >= 4 is 64.0 Å². The van der Waals surface area contributed by atoms with Crippen molar-refractivity contribution in [3.05, 3.63) is 99.8 Å². The van der Waals surface area contributed by atoms with Gasteiger partial charge in [-0.2, -0.15) is 8.78 Å². The molecule has 7 heterocycles. The van der Waals surface area contributed by atoms with E-state index in [4.69, 9.17) is 4.74 Å². The second-order valence-corrected chi connectivity index (χ2v) is 25.4. The van der Waals surface area contributed by atoms with Gasteiger partial charge in [0.2, 0.25) is 23.6 Å². The number of amides is 4. The lowest BCUT2D eigenvalue weighted by Crippen LogP contribution is -2.58. The highest BCUT2D eigenvalue weighted by atomic mass is 32.1. The number of likely N-dealkylation sites (tertiary alicyclic amines) is 2. The summed E-state index contributed by atoms with van der Waals surface area (Å²) < 4.78 is 47.2. The van der Waals surface area contributed by atoms with Crippen molar-refractivity contribution in [2.24, 2.45) is 5.41 Å². The number of aromatic nitrogens is 2. The molecular formula is C54H67F2N8O10PS2. The van der Waals surface area contributed by atoms with Gasteiger partial charge in [-0.1, -0.05) is 51.1 Å². The van der Waals surface area contributed by atoms with Gasteiger partial charge in [0.1, 0.15) is 24.1 Å². The van der Waals surface area contributed by atoms with Crippen LogP contribution in [0.5, 0.6) is 5.75 Å². The summed E-state index contributed by atoms with van der Waals surface area (Å²) in [4.78, 5) is 89.6. The fraction of sp³-hybridized carbons (Fsp3) is 0.519. The minimum atomic E-state index is -5.78. The Labute approximate surface area is 453 Å². The Hall–Kier alpha value is -5.29. The van der Waals surface area contributed by atoms with Crippen LogP contribution in [0.2, 0.25) is 0 Å². The largest absolute Gasteiger partial charge is 0.493 e. The first-order valence-corrected chi connectivity index (χ1v) is 29.5. The molecule has 2 aromatic carbocycles. The zero-order valence-electron chi connectivity index (χ0n) is 43.4. The van der Waals surface area contributed by atoms with E-state index in [1.807, 2.05) is 63.5 Å². The van der Waals surface area contributed by atoms with E-state index in [0.29, 0.717) is 86.5 Å². The first-order valence-electron chi connectivity index (χ1n) is 26.2. The summed E-state index contributed by atoms with van der Waals surface area (Å²) in [6.45, 7) is 9.97. The van der Waals surface area contributed by atoms with Gasteiger partial charge in [0.05, 0.1) is 40.9 Å². The number of aliphatic hydroxyl groups is 2. The summed E-state index contributed by atoms with van der Waals surface area (Å²) in [6.07, 6.45) is 5.72. The first-order chi connectivity index (χ1) is 36.6. The number of aliphatic hydroxyl groups excluding tert-OH is 2. The molecule has 0 spiro atoms. The molecule has 4 amide bonds. The molecule has 0 aliphatic carbocycles. The number of hydrogen-bond acceptors (Lipinski definition) is 14. The molecule has 7 atom stereocenters. The van der Waals surface area contributed by atoms with E-state index >= 15 is 0 Å². The quantitative estimate of drug-likeness (QED) is 0.0265. The number of thiophene rings is 1. The number of carbonyl (C=O) groups is 4. The number of halogens is 2. The second-order valence-electron chi connectivity index (χ2n) is 21.8. The van der Waals surface area contributed by atoms with Crippen LogP contribution in [0.4, 0.5) is 8.78 Å². The van der Waals surface area contributed by atoms with Crippen molar-refractivity contribution in [3.8, 4) is 16.2 Å². The smallest absolute Gasteiger partial charge is 0.399 e. The predicted octanol–water partition coefficient (Wildman–Crippen LogP) is 6.52. The third kappa shape index (κ3) is 12.3. The fourth-order valence-corrected chi connectivity index (χ4v) is 13.3. The van der Waals surface area contributed by atoms with Crippen LogP contribution in [0, 0.1) is 12.3 Å². The highest BCUT2D eigenvalue weighted by Crippen LogP contribution is 2.59. The summed E-state index contributed by atoms with van der Waals surface area (Å²) in [5.74, 6) is -0.350. The molecule has 0 bridgehead atoms. The molecule has 1 unspecified atom stereocenters. The van der Waals surface area contributed by atoms with Gasteiger partial charge >= 0.3 is 13.3 Å². The first kappa shape index (κ1) is 56.4. The van der Waals surface area contributed by atoms with Crippen LogP contribution in [-0.4, -0.2) is 137 Å². The summed E-state index contributed by atoms with van der Waals surface area (Å²) in [5, 5.41) is 31.6. The van der Waals surface area contributed by atoms with E-state index in [1.165, 1.54) is 17.0 Å². The molecule has 7 N–H and O–H groups in total. The average molecular weight is 1120 g/mol. The number of ether oxygens (including phenoxy) is 1. The molecule has 0 saturated carbocycles. The van der Waals surface area contributed by atoms with Gasteiger partial charge in [0, 0.05) is 77.7 Å². The van der Waals surface area contributed by atoms with Gasteiger partial charge < -0.3 is 50.1 Å². The van der Waals surface area contributed by atoms with Crippen LogP contribution in [-0.2, 0) is 36.0 Å². The Kier molecular flexibility index (Phi) is 17.0. The number of hydrogen-bond donors (Lipinski definition) is 7. The van der Waals surface area contributed by atoms with E-state index < -0.39 is 60.7 Å². The molecule has 18 nitrogen and oxygen atoms in total. The third-order valence-electron chi connectivity index (χ3n) is 15.3. The molecule has 0 radical (unpaired) electrons. The van der Waals surface area contributed by atoms with Crippen LogP contribution in [0.25, 0.3) is 20.5 Å². The summed E-state index contributed by atoms with van der Waals surface area (Å²) in [5.41, 5.74) is -0.108. The number of thiazole rings is 1. The van der Waals surface area contributed by atoms with Crippen LogP contribution < -0.4 is 20.7 Å². The van der Waals surface area contributed by atoms with E-state index in [1.54, 1.807) is 33.5 Å². The molecule has 9 rings (SSSR count). The molecule has 77 heavy (non-hydrogen) atoms. The molecular weight excluding hydrogens is 1050 g/mol. The fourth-order valence-electron chi connectivity index (χ4n) is 11.0. The maximum atomic E-state index is 14.5. The lowest BCUT2D eigenvalue weighted by Gasteiger charge is -2.43. The number of fused-ring (bicyclic) bond motifs is 2. The Morgan fingerprint density at radius 1 is 0.974 bits per heavy atom. The standard InChI is InChI=1S/C54H67F2N8O10PS2/c1-31-46(76-30-60-31)33-12-10-32(11-13-33)25-59-48(66)42-24-38(65)29-63(42)52(70)47(53(2,3)4)58-19-5-6-21-74-43-18-20-57-26-39(43)35-27-62(28-35)51(69)41-16-15-37-8-7-9-40(50(68)64(37)41)61-49(67)45-23-34-22-36(14-17-44(34)77-45)54(55,56)75(71,72)73/h10-14,17-18,20,22-23,26,30,35,37-38,40-42,47,49,58,61,65,67H,5-9,15-16,19,21,24-25,27-29H2,1-4H3,(H,59,66)(H2,71,72,73)/t37-,38+,40-,41-,42-,47+,49?/m0/s1. The normalized spacial score (nSPS) is 22.2. The number of rotatable bonds is 19. The molecule has 5 aromatic rings. The molecule has 3 aromatic heterocycles. The number of nitrogens with zero attached hydrogens (tertiary/aromatic N) is 5. The van der Waals surface area contributed by atoms with Crippen LogP contribution >= 0.6 is 30.3 Å². The lowest BCUT2D eigenvalue weighted by atomic mass is 9.85. The number of alkyl halides is 2. The van der Waals surface area contributed by atoms with Gasteiger partial charge in [0.15, 0.2) is 0 Å².